The second kappa shape index (κ2) is 7.11. The Kier molecular flexibility index (Phi) is 5.25. The Balaban J connectivity index is 1.62. The number of rotatable bonds is 2. The molecule has 0 saturated carbocycles. The zero-order chi connectivity index (χ0) is 18.2. The minimum absolute atomic E-state index is 0.0795. The minimum Gasteiger partial charge on any atom is -0.444 e. The number of piperidine rings is 1. The molecular weight excluding hydrogens is 404 g/mol. The van der Waals surface area contributed by atoms with Gasteiger partial charge in [-0.25, -0.2) is 4.79 Å². The summed E-state index contributed by atoms with van der Waals surface area (Å²) in [5, 5.41) is 0.769. The lowest BCUT2D eigenvalue weighted by Crippen LogP contribution is -2.42. The topological polar surface area (TPSA) is 51.5 Å². The van der Waals surface area contributed by atoms with E-state index in [9.17, 15) is 9.59 Å². The molecule has 0 spiro atoms. The van der Waals surface area contributed by atoms with E-state index in [2.05, 4.69) is 15.9 Å². The summed E-state index contributed by atoms with van der Waals surface area (Å²) in [7, 11) is 0. The first kappa shape index (κ1) is 18.5. The fourth-order valence-electron chi connectivity index (χ4n) is 3.02. The molecule has 1 fully saturated rings. The summed E-state index contributed by atoms with van der Waals surface area (Å²) >= 11 is 4.94. The third-order valence-corrected chi connectivity index (χ3v) is 5.88. The maximum Gasteiger partial charge on any atom is 0.410 e. The molecule has 0 aliphatic carbocycles. The molecule has 1 aliphatic rings. The van der Waals surface area contributed by atoms with Crippen molar-refractivity contribution in [2.45, 2.75) is 45.8 Å². The van der Waals surface area contributed by atoms with Crippen molar-refractivity contribution >= 4 is 43.6 Å². The van der Waals surface area contributed by atoms with Crippen molar-refractivity contribution in [3.05, 3.63) is 33.0 Å². The molecule has 136 valence electrons. The Hall–Kier alpha value is -1.34. The van der Waals surface area contributed by atoms with Gasteiger partial charge in [0.15, 0.2) is 0 Å². The summed E-state index contributed by atoms with van der Waals surface area (Å²) < 4.78 is 9.22. The van der Waals surface area contributed by atoms with Crippen molar-refractivity contribution in [1.82, 2.24) is 8.86 Å². The van der Waals surface area contributed by atoms with Gasteiger partial charge in [-0.2, -0.15) is 0 Å². The number of carbonyl (C=O) groups is 1. The van der Waals surface area contributed by atoms with Gasteiger partial charge in [0, 0.05) is 24.1 Å². The van der Waals surface area contributed by atoms with Crippen LogP contribution in [0.5, 0.6) is 0 Å². The lowest BCUT2D eigenvalue weighted by atomic mass is 9.97. The van der Waals surface area contributed by atoms with E-state index in [1.807, 2.05) is 42.9 Å². The largest absolute Gasteiger partial charge is 0.444 e. The molecule has 7 heteroatoms. The van der Waals surface area contributed by atoms with Crippen molar-refractivity contribution in [3.8, 4) is 0 Å². The number of amides is 1. The SMILES string of the molecule is CC(C)(C)OC(=O)N1CCC(Cn2sc3ccc(Br)cc3c2=O)CC1. The van der Waals surface area contributed by atoms with E-state index >= 15 is 0 Å². The molecule has 3 rings (SSSR count). The summed E-state index contributed by atoms with van der Waals surface area (Å²) in [5.74, 6) is 0.410. The molecule has 0 unspecified atom stereocenters. The van der Waals surface area contributed by atoms with Gasteiger partial charge >= 0.3 is 6.09 Å². The number of hydrogen-bond acceptors (Lipinski definition) is 4. The zero-order valence-corrected chi connectivity index (χ0v) is 17.2. The predicted octanol–water partition coefficient (Wildman–Crippen LogP) is 4.47. The molecule has 2 aromatic rings. The van der Waals surface area contributed by atoms with E-state index in [-0.39, 0.29) is 11.7 Å². The Labute approximate surface area is 159 Å². The van der Waals surface area contributed by atoms with Crippen LogP contribution in [0.3, 0.4) is 0 Å². The zero-order valence-electron chi connectivity index (χ0n) is 14.8. The number of likely N-dealkylation sites (tertiary alicyclic amines) is 1. The fraction of sp³-hybridized carbons (Fsp3) is 0.556. The van der Waals surface area contributed by atoms with E-state index in [1.165, 1.54) is 11.5 Å². The Bertz CT molecular complexity index is 829. The predicted molar refractivity (Wildman–Crippen MR) is 104 cm³/mol. The standard InChI is InChI=1S/C18H23BrN2O3S/c1-18(2,3)24-17(23)20-8-6-12(7-9-20)11-21-16(22)14-10-13(19)4-5-15(14)25-21/h4-5,10,12H,6-9,11H2,1-3H3. The normalized spacial score (nSPS) is 16.4. The molecule has 5 nitrogen and oxygen atoms in total. The van der Waals surface area contributed by atoms with Crippen LogP contribution in [-0.4, -0.2) is 33.6 Å². The third kappa shape index (κ3) is 4.44. The van der Waals surface area contributed by atoms with E-state index in [4.69, 9.17) is 4.74 Å². The van der Waals surface area contributed by atoms with Crippen molar-refractivity contribution < 1.29 is 9.53 Å². The smallest absolute Gasteiger partial charge is 0.410 e. The van der Waals surface area contributed by atoms with Crippen LogP contribution in [0.4, 0.5) is 4.79 Å². The Morgan fingerprint density at radius 3 is 2.64 bits per heavy atom. The number of aromatic nitrogens is 1. The van der Waals surface area contributed by atoms with Crippen LogP contribution in [-0.2, 0) is 11.3 Å². The Morgan fingerprint density at radius 1 is 1.32 bits per heavy atom. The quantitative estimate of drug-likeness (QED) is 0.711. The highest BCUT2D eigenvalue weighted by Crippen LogP contribution is 2.25. The summed E-state index contributed by atoms with van der Waals surface area (Å²) in [6.45, 7) is 7.73. The second-order valence-corrected chi connectivity index (χ2v) is 9.49. The Morgan fingerprint density at radius 2 is 2.00 bits per heavy atom. The average molecular weight is 427 g/mol. The van der Waals surface area contributed by atoms with Gasteiger partial charge in [0.1, 0.15) is 5.60 Å². The van der Waals surface area contributed by atoms with Crippen molar-refractivity contribution in [3.63, 3.8) is 0 Å². The summed E-state index contributed by atoms with van der Waals surface area (Å²) in [6.07, 6.45) is 1.54. The van der Waals surface area contributed by atoms with Crippen LogP contribution in [0.25, 0.3) is 10.1 Å². The van der Waals surface area contributed by atoms with Gasteiger partial charge in [-0.3, -0.25) is 8.75 Å². The van der Waals surface area contributed by atoms with E-state index in [0.717, 1.165) is 33.9 Å². The number of fused-ring (bicyclic) bond motifs is 1. The molecule has 1 aromatic heterocycles. The minimum atomic E-state index is -0.466. The lowest BCUT2D eigenvalue weighted by Gasteiger charge is -2.33. The highest BCUT2D eigenvalue weighted by atomic mass is 79.9. The molecule has 0 radical (unpaired) electrons. The fourth-order valence-corrected chi connectivity index (χ4v) is 4.46. The monoisotopic (exact) mass is 426 g/mol. The second-order valence-electron chi connectivity index (χ2n) is 7.51. The van der Waals surface area contributed by atoms with Crippen LogP contribution in [0.2, 0.25) is 0 Å². The molecule has 2 heterocycles. The molecule has 1 aliphatic heterocycles. The maximum atomic E-state index is 12.6. The molecule has 25 heavy (non-hydrogen) atoms. The first-order valence-corrected chi connectivity index (χ1v) is 10.1. The summed E-state index contributed by atoms with van der Waals surface area (Å²) in [5.41, 5.74) is -0.386. The summed E-state index contributed by atoms with van der Waals surface area (Å²) in [4.78, 5) is 26.5. The first-order valence-electron chi connectivity index (χ1n) is 8.50. The first-order chi connectivity index (χ1) is 11.7. The summed E-state index contributed by atoms with van der Waals surface area (Å²) in [6, 6.07) is 5.82. The number of hydrogen-bond donors (Lipinski definition) is 0. The molecule has 0 N–H and O–H groups in total. The van der Waals surface area contributed by atoms with Gasteiger partial charge in [0.2, 0.25) is 0 Å². The van der Waals surface area contributed by atoms with E-state index < -0.39 is 5.60 Å². The van der Waals surface area contributed by atoms with Gasteiger partial charge in [-0.15, -0.1) is 0 Å². The molecule has 1 saturated heterocycles. The van der Waals surface area contributed by atoms with Crippen LogP contribution < -0.4 is 5.56 Å². The molecule has 1 aromatic carbocycles. The van der Waals surface area contributed by atoms with Crippen molar-refractivity contribution in [2.24, 2.45) is 5.92 Å². The van der Waals surface area contributed by atoms with E-state index in [0.29, 0.717) is 19.0 Å². The number of carbonyl (C=O) groups excluding carboxylic acids is 1. The molecule has 1 amide bonds. The highest BCUT2D eigenvalue weighted by molar-refractivity contribution is 9.10. The van der Waals surface area contributed by atoms with Gasteiger partial charge in [-0.1, -0.05) is 27.5 Å². The van der Waals surface area contributed by atoms with Gasteiger partial charge < -0.3 is 9.64 Å². The van der Waals surface area contributed by atoms with E-state index in [1.54, 1.807) is 4.90 Å². The molecular formula is C18H23BrN2O3S. The molecule has 0 atom stereocenters. The number of halogens is 1. The van der Waals surface area contributed by atoms with Crippen LogP contribution >= 0.6 is 27.5 Å². The van der Waals surface area contributed by atoms with Crippen LogP contribution in [0.1, 0.15) is 33.6 Å². The maximum absolute atomic E-state index is 12.6. The molecule has 0 bridgehead atoms. The van der Waals surface area contributed by atoms with Crippen LogP contribution in [0.15, 0.2) is 27.5 Å². The number of ether oxygens (including phenoxy) is 1. The number of nitrogens with zero attached hydrogens (tertiary/aromatic N) is 2. The highest BCUT2D eigenvalue weighted by Gasteiger charge is 2.27. The van der Waals surface area contributed by atoms with Crippen LogP contribution in [0, 0.1) is 5.92 Å². The van der Waals surface area contributed by atoms with Crippen molar-refractivity contribution in [1.29, 1.82) is 0 Å². The third-order valence-electron chi connectivity index (χ3n) is 4.30. The lowest BCUT2D eigenvalue weighted by molar-refractivity contribution is 0.0179. The van der Waals surface area contributed by atoms with Gasteiger partial charge in [-0.05, 0) is 57.7 Å². The van der Waals surface area contributed by atoms with Gasteiger partial charge in [0.05, 0.1) is 10.1 Å². The average Bonchev–Trinajstić information content (AvgIpc) is 2.82. The van der Waals surface area contributed by atoms with Crippen molar-refractivity contribution in [2.75, 3.05) is 13.1 Å². The van der Waals surface area contributed by atoms with Gasteiger partial charge in [0.25, 0.3) is 5.56 Å². The number of benzene rings is 1.